The van der Waals surface area contributed by atoms with Crippen LogP contribution in [0.4, 0.5) is 8.78 Å². The van der Waals surface area contributed by atoms with Crippen molar-refractivity contribution in [3.05, 3.63) is 0 Å². The van der Waals surface area contributed by atoms with Crippen molar-refractivity contribution in [2.24, 2.45) is 11.8 Å². The summed E-state index contributed by atoms with van der Waals surface area (Å²) in [6.07, 6.45) is -0.902. The van der Waals surface area contributed by atoms with Crippen molar-refractivity contribution < 1.29 is 27.1 Å². The van der Waals surface area contributed by atoms with Crippen LogP contribution in [-0.2, 0) is 14.8 Å². The summed E-state index contributed by atoms with van der Waals surface area (Å²) >= 11 is 0. The molecule has 1 atom stereocenters. The average molecular weight is 285 g/mol. The van der Waals surface area contributed by atoms with E-state index in [4.69, 9.17) is 5.11 Å². The predicted octanol–water partition coefficient (Wildman–Crippen LogP) is 1.06. The number of carbonyl (C=O) groups is 1. The molecule has 0 aromatic heterocycles. The van der Waals surface area contributed by atoms with E-state index in [0.29, 0.717) is 0 Å². The largest absolute Gasteiger partial charge is 0.480 e. The number of aliphatic carboxylic acids is 1. The fourth-order valence-corrected chi connectivity index (χ4v) is 3.64. The van der Waals surface area contributed by atoms with Gasteiger partial charge in [0.25, 0.3) is 0 Å². The van der Waals surface area contributed by atoms with Crippen molar-refractivity contribution in [1.82, 2.24) is 4.72 Å². The molecule has 8 heteroatoms. The predicted molar refractivity (Wildman–Crippen MR) is 60.9 cm³/mol. The van der Waals surface area contributed by atoms with Crippen molar-refractivity contribution in [2.45, 2.75) is 38.7 Å². The summed E-state index contributed by atoms with van der Waals surface area (Å²) in [7, 11) is -3.85. The Morgan fingerprint density at radius 3 is 2.28 bits per heavy atom. The summed E-state index contributed by atoms with van der Waals surface area (Å²) in [5.74, 6) is -5.50. The van der Waals surface area contributed by atoms with Gasteiger partial charge >= 0.3 is 5.97 Å². The molecule has 0 saturated heterocycles. The highest BCUT2D eigenvalue weighted by molar-refractivity contribution is 7.89. The van der Waals surface area contributed by atoms with E-state index >= 15 is 0 Å². The molecule has 106 valence electrons. The van der Waals surface area contributed by atoms with Gasteiger partial charge < -0.3 is 5.11 Å². The van der Waals surface area contributed by atoms with Crippen LogP contribution in [0.15, 0.2) is 0 Å². The smallest absolute Gasteiger partial charge is 0.321 e. The van der Waals surface area contributed by atoms with Crippen LogP contribution in [0.3, 0.4) is 0 Å². The molecule has 1 aliphatic rings. The fourth-order valence-electron chi connectivity index (χ4n) is 1.93. The molecule has 0 heterocycles. The topological polar surface area (TPSA) is 83.5 Å². The Balaban J connectivity index is 2.57. The standard InChI is InChI=1S/C10H17F2NO4S/c1-6(2)8(9(14)15)13-18(16,17)5-7-3-10(11,12)4-7/h6-8,13H,3-5H2,1-2H3,(H,14,15)/t8-/m1/s1. The Hall–Kier alpha value is -0.760. The van der Waals surface area contributed by atoms with Crippen LogP contribution in [-0.4, -0.2) is 37.2 Å². The van der Waals surface area contributed by atoms with Gasteiger partial charge in [-0.05, 0) is 11.8 Å². The minimum absolute atomic E-state index is 0.417. The van der Waals surface area contributed by atoms with Crippen LogP contribution in [0.2, 0.25) is 0 Å². The van der Waals surface area contributed by atoms with Gasteiger partial charge in [0.15, 0.2) is 0 Å². The first-order chi connectivity index (χ1) is 8.02. The lowest BCUT2D eigenvalue weighted by atomic mass is 9.83. The number of halogens is 2. The second kappa shape index (κ2) is 5.08. The van der Waals surface area contributed by atoms with Crippen LogP contribution in [0, 0.1) is 11.8 Å². The first-order valence-electron chi connectivity index (χ1n) is 5.63. The molecule has 1 rings (SSSR count). The minimum atomic E-state index is -3.85. The average Bonchev–Trinajstić information content (AvgIpc) is 2.09. The molecule has 2 N–H and O–H groups in total. The first-order valence-corrected chi connectivity index (χ1v) is 7.28. The molecule has 1 fully saturated rings. The molecule has 5 nitrogen and oxygen atoms in total. The highest BCUT2D eigenvalue weighted by Gasteiger charge is 2.47. The third-order valence-electron chi connectivity index (χ3n) is 2.87. The summed E-state index contributed by atoms with van der Waals surface area (Å²) in [6.45, 7) is 3.14. The van der Waals surface area contributed by atoms with Crippen LogP contribution in [0.5, 0.6) is 0 Å². The molecule has 0 amide bonds. The third kappa shape index (κ3) is 4.16. The lowest BCUT2D eigenvalue weighted by Crippen LogP contribution is -2.48. The van der Waals surface area contributed by atoms with Gasteiger partial charge in [0.05, 0.1) is 5.75 Å². The van der Waals surface area contributed by atoms with Gasteiger partial charge in [0, 0.05) is 12.8 Å². The zero-order valence-corrected chi connectivity index (χ0v) is 11.0. The molecular weight excluding hydrogens is 268 g/mol. The van der Waals surface area contributed by atoms with Gasteiger partial charge in [0.1, 0.15) is 6.04 Å². The van der Waals surface area contributed by atoms with E-state index in [1.807, 2.05) is 4.72 Å². The summed E-state index contributed by atoms with van der Waals surface area (Å²) < 4.78 is 50.5. The van der Waals surface area contributed by atoms with Gasteiger partial charge in [-0.1, -0.05) is 13.8 Å². The molecule has 0 aromatic rings. The van der Waals surface area contributed by atoms with Gasteiger partial charge in [-0.25, -0.2) is 21.9 Å². The Labute approximate surface area is 105 Å². The van der Waals surface area contributed by atoms with Crippen LogP contribution >= 0.6 is 0 Å². The van der Waals surface area contributed by atoms with Crippen molar-refractivity contribution >= 4 is 16.0 Å². The number of alkyl halides is 2. The van der Waals surface area contributed by atoms with E-state index in [2.05, 4.69) is 0 Å². The van der Waals surface area contributed by atoms with Gasteiger partial charge in [-0.2, -0.15) is 0 Å². The zero-order valence-electron chi connectivity index (χ0n) is 10.2. The molecule has 0 aromatic carbocycles. The zero-order chi connectivity index (χ0) is 14.1. The van der Waals surface area contributed by atoms with E-state index in [9.17, 15) is 22.0 Å². The molecule has 0 aliphatic heterocycles. The monoisotopic (exact) mass is 285 g/mol. The molecule has 0 bridgehead atoms. The summed E-state index contributed by atoms with van der Waals surface area (Å²) in [5, 5.41) is 8.85. The number of sulfonamides is 1. The molecular formula is C10H17F2NO4S. The number of hydrogen-bond donors (Lipinski definition) is 2. The maximum absolute atomic E-state index is 12.6. The summed E-state index contributed by atoms with van der Waals surface area (Å²) in [6, 6.07) is -1.23. The lowest BCUT2D eigenvalue weighted by molar-refractivity contribution is -0.140. The minimum Gasteiger partial charge on any atom is -0.480 e. The van der Waals surface area contributed by atoms with Crippen molar-refractivity contribution in [3.8, 4) is 0 Å². The number of carboxylic acids is 1. The maximum Gasteiger partial charge on any atom is 0.321 e. The van der Waals surface area contributed by atoms with Gasteiger partial charge in [-0.3, -0.25) is 4.79 Å². The summed E-state index contributed by atoms with van der Waals surface area (Å²) in [5.41, 5.74) is 0. The first kappa shape index (κ1) is 15.3. The van der Waals surface area contributed by atoms with Crippen LogP contribution in [0.1, 0.15) is 26.7 Å². The highest BCUT2D eigenvalue weighted by Crippen LogP contribution is 2.42. The fraction of sp³-hybridized carbons (Fsp3) is 0.900. The Kier molecular flexibility index (Phi) is 4.32. The van der Waals surface area contributed by atoms with Crippen LogP contribution in [0.25, 0.3) is 0 Å². The van der Waals surface area contributed by atoms with Crippen molar-refractivity contribution in [3.63, 3.8) is 0 Å². The number of hydrogen-bond acceptors (Lipinski definition) is 3. The highest BCUT2D eigenvalue weighted by atomic mass is 32.2. The quantitative estimate of drug-likeness (QED) is 0.764. The molecule has 1 saturated carbocycles. The van der Waals surface area contributed by atoms with E-state index in [0.717, 1.165) is 0 Å². The Morgan fingerprint density at radius 2 is 1.94 bits per heavy atom. The SMILES string of the molecule is CC(C)[C@@H](NS(=O)(=O)CC1CC(F)(F)C1)C(=O)O. The third-order valence-corrected chi connectivity index (χ3v) is 4.39. The number of carboxylic acid groups (broad SMARTS) is 1. The van der Waals surface area contributed by atoms with E-state index < -0.39 is 58.4 Å². The normalized spacial score (nSPS) is 21.6. The molecule has 0 spiro atoms. The van der Waals surface area contributed by atoms with Crippen molar-refractivity contribution in [1.29, 1.82) is 0 Å². The second-order valence-corrected chi connectivity index (χ2v) is 6.89. The van der Waals surface area contributed by atoms with Gasteiger partial charge in [-0.15, -0.1) is 0 Å². The van der Waals surface area contributed by atoms with Gasteiger partial charge in [0.2, 0.25) is 15.9 Å². The Morgan fingerprint density at radius 1 is 1.44 bits per heavy atom. The van der Waals surface area contributed by atoms with E-state index in [1.54, 1.807) is 13.8 Å². The van der Waals surface area contributed by atoms with E-state index in [1.165, 1.54) is 0 Å². The molecule has 18 heavy (non-hydrogen) atoms. The second-order valence-electron chi connectivity index (χ2n) is 5.09. The van der Waals surface area contributed by atoms with Crippen molar-refractivity contribution in [2.75, 3.05) is 5.75 Å². The molecule has 0 unspecified atom stereocenters. The van der Waals surface area contributed by atoms with E-state index in [-0.39, 0.29) is 0 Å². The number of rotatable bonds is 6. The molecule has 1 aliphatic carbocycles. The lowest BCUT2D eigenvalue weighted by Gasteiger charge is -2.34. The molecule has 0 radical (unpaired) electrons. The summed E-state index contributed by atoms with van der Waals surface area (Å²) in [4.78, 5) is 10.8. The Bertz CT molecular complexity index is 414. The van der Waals surface area contributed by atoms with Crippen LogP contribution < -0.4 is 4.72 Å². The maximum atomic E-state index is 12.6. The number of nitrogens with one attached hydrogen (secondary N) is 1.